The van der Waals surface area contributed by atoms with Gasteiger partial charge >= 0.3 is 6.03 Å². The van der Waals surface area contributed by atoms with E-state index in [0.717, 1.165) is 29.2 Å². The molecule has 0 saturated heterocycles. The zero-order valence-electron chi connectivity index (χ0n) is 12.5. The fraction of sp³-hybridized carbons (Fsp3) is 0.235. The summed E-state index contributed by atoms with van der Waals surface area (Å²) in [5.74, 6) is 2.59. The predicted molar refractivity (Wildman–Crippen MR) is 89.0 cm³/mol. The number of ether oxygens (including phenoxy) is 1. The Morgan fingerprint density at radius 1 is 1.26 bits per heavy atom. The largest absolute Gasteiger partial charge is 0.457 e. The highest BCUT2D eigenvalue weighted by atomic mass is 32.2. The second-order valence-electron chi connectivity index (χ2n) is 5.49. The molecule has 1 aliphatic rings. The molecule has 3 N–H and O–H groups in total. The molecule has 1 atom stereocenters. The van der Waals surface area contributed by atoms with Crippen LogP contribution in [0.5, 0.6) is 11.5 Å². The van der Waals surface area contributed by atoms with Crippen molar-refractivity contribution >= 4 is 17.8 Å². The van der Waals surface area contributed by atoms with Gasteiger partial charge in [-0.25, -0.2) is 9.86 Å². The van der Waals surface area contributed by atoms with Crippen molar-refractivity contribution in [1.29, 1.82) is 0 Å². The van der Waals surface area contributed by atoms with Crippen LogP contribution < -0.4 is 10.5 Å². The first-order valence-electron chi connectivity index (χ1n) is 7.36. The number of carbonyl (C=O) groups excluding carboxylic acids is 1. The lowest BCUT2D eigenvalue weighted by atomic mass is 10.00. The average molecular weight is 330 g/mol. The van der Waals surface area contributed by atoms with E-state index in [0.29, 0.717) is 5.06 Å². The van der Waals surface area contributed by atoms with E-state index < -0.39 is 6.03 Å². The molecule has 1 unspecified atom stereocenters. The Labute approximate surface area is 139 Å². The molecule has 2 aromatic carbocycles. The summed E-state index contributed by atoms with van der Waals surface area (Å²) in [5, 5.41) is 10.1. The third-order valence-corrected chi connectivity index (χ3v) is 5.03. The number of benzene rings is 2. The molecule has 5 nitrogen and oxygen atoms in total. The normalized spacial score (nSPS) is 16.5. The SMILES string of the molecule is NC(=O)N(O)CC1CSc2ccc(Oc3ccccc3)cc2C1. The topological polar surface area (TPSA) is 75.8 Å². The summed E-state index contributed by atoms with van der Waals surface area (Å²) in [4.78, 5) is 12.2. The second-order valence-corrected chi connectivity index (χ2v) is 6.55. The number of amides is 2. The number of hydroxylamine groups is 2. The molecule has 0 spiro atoms. The van der Waals surface area contributed by atoms with E-state index in [-0.39, 0.29) is 12.5 Å². The molecule has 6 heteroatoms. The maximum absolute atomic E-state index is 10.9. The standard InChI is InChI=1S/C17H18N2O3S/c18-17(20)19(21)10-12-8-13-9-15(6-7-16(13)23-11-12)22-14-4-2-1-3-5-14/h1-7,9,12,21H,8,10-11H2,(H2,18,20). The zero-order valence-corrected chi connectivity index (χ0v) is 13.3. The number of nitrogens with two attached hydrogens (primary N) is 1. The molecular formula is C17H18N2O3S. The molecule has 0 aromatic heterocycles. The number of urea groups is 1. The van der Waals surface area contributed by atoms with E-state index in [1.807, 2.05) is 42.5 Å². The van der Waals surface area contributed by atoms with Crippen LogP contribution in [0, 0.1) is 5.92 Å². The summed E-state index contributed by atoms with van der Waals surface area (Å²) in [7, 11) is 0. The molecule has 0 bridgehead atoms. The van der Waals surface area contributed by atoms with Crippen molar-refractivity contribution in [2.75, 3.05) is 12.3 Å². The molecule has 0 radical (unpaired) electrons. The van der Waals surface area contributed by atoms with Crippen LogP contribution in [0.25, 0.3) is 0 Å². The fourth-order valence-corrected chi connectivity index (χ4v) is 3.70. The average Bonchev–Trinajstić information content (AvgIpc) is 2.55. The van der Waals surface area contributed by atoms with E-state index in [1.54, 1.807) is 11.8 Å². The number of rotatable bonds is 4. The molecule has 120 valence electrons. The van der Waals surface area contributed by atoms with E-state index in [9.17, 15) is 10.0 Å². The number of fused-ring (bicyclic) bond motifs is 1. The van der Waals surface area contributed by atoms with E-state index in [4.69, 9.17) is 10.5 Å². The minimum atomic E-state index is -0.818. The zero-order chi connectivity index (χ0) is 16.2. The minimum absolute atomic E-state index is 0.164. The highest BCUT2D eigenvalue weighted by molar-refractivity contribution is 7.99. The van der Waals surface area contributed by atoms with Crippen LogP contribution in [0.15, 0.2) is 53.4 Å². The third kappa shape index (κ3) is 3.97. The van der Waals surface area contributed by atoms with Crippen LogP contribution in [0.1, 0.15) is 5.56 Å². The van der Waals surface area contributed by atoms with Crippen LogP contribution in [0.3, 0.4) is 0 Å². The van der Waals surface area contributed by atoms with Gasteiger partial charge in [0.25, 0.3) is 0 Å². The summed E-state index contributed by atoms with van der Waals surface area (Å²) in [6.07, 6.45) is 0.776. The van der Waals surface area contributed by atoms with Gasteiger partial charge in [0, 0.05) is 10.6 Å². The van der Waals surface area contributed by atoms with Crippen molar-refractivity contribution in [2.45, 2.75) is 11.3 Å². The minimum Gasteiger partial charge on any atom is -0.457 e. The molecule has 0 aliphatic carbocycles. The quantitative estimate of drug-likeness (QED) is 0.664. The number of para-hydroxylation sites is 1. The molecule has 1 aliphatic heterocycles. The van der Waals surface area contributed by atoms with Gasteiger partial charge in [-0.3, -0.25) is 5.21 Å². The van der Waals surface area contributed by atoms with Gasteiger partial charge in [0.1, 0.15) is 11.5 Å². The van der Waals surface area contributed by atoms with E-state index in [2.05, 4.69) is 6.07 Å². The molecule has 2 amide bonds. The summed E-state index contributed by atoms with van der Waals surface area (Å²) in [6.45, 7) is 0.242. The van der Waals surface area contributed by atoms with Gasteiger partial charge in [-0.2, -0.15) is 0 Å². The first-order valence-corrected chi connectivity index (χ1v) is 8.35. The van der Waals surface area contributed by atoms with Crippen molar-refractivity contribution in [3.8, 4) is 11.5 Å². The first-order chi connectivity index (χ1) is 11.1. The maximum Gasteiger partial charge on any atom is 0.338 e. The Morgan fingerprint density at radius 3 is 2.78 bits per heavy atom. The van der Waals surface area contributed by atoms with Crippen LogP contribution >= 0.6 is 11.8 Å². The summed E-state index contributed by atoms with van der Waals surface area (Å²) in [5.41, 5.74) is 6.23. The Morgan fingerprint density at radius 2 is 2.04 bits per heavy atom. The highest BCUT2D eigenvalue weighted by Crippen LogP contribution is 2.36. The van der Waals surface area contributed by atoms with Gasteiger partial charge in [-0.05, 0) is 48.2 Å². The van der Waals surface area contributed by atoms with Crippen molar-refractivity contribution in [3.63, 3.8) is 0 Å². The molecule has 2 aromatic rings. The third-order valence-electron chi connectivity index (χ3n) is 3.68. The number of primary amides is 1. The van der Waals surface area contributed by atoms with Gasteiger partial charge in [0.05, 0.1) is 6.54 Å². The molecular weight excluding hydrogens is 312 g/mol. The number of hydrogen-bond donors (Lipinski definition) is 2. The highest BCUT2D eigenvalue weighted by Gasteiger charge is 2.23. The van der Waals surface area contributed by atoms with Crippen molar-refractivity contribution in [3.05, 3.63) is 54.1 Å². The van der Waals surface area contributed by atoms with Crippen LogP contribution in [-0.2, 0) is 6.42 Å². The lowest BCUT2D eigenvalue weighted by Gasteiger charge is -2.26. The molecule has 0 fully saturated rings. The van der Waals surface area contributed by atoms with Crippen LogP contribution in [0.4, 0.5) is 4.79 Å². The van der Waals surface area contributed by atoms with Crippen molar-refractivity contribution in [2.24, 2.45) is 11.7 Å². The Bertz CT molecular complexity index is 693. The lowest BCUT2D eigenvalue weighted by molar-refractivity contribution is -0.0486. The number of hydrogen-bond acceptors (Lipinski definition) is 4. The van der Waals surface area contributed by atoms with Crippen molar-refractivity contribution < 1.29 is 14.7 Å². The lowest BCUT2D eigenvalue weighted by Crippen LogP contribution is -2.38. The summed E-state index contributed by atoms with van der Waals surface area (Å²) in [6, 6.07) is 14.8. The number of nitrogens with zero attached hydrogens (tertiary/aromatic N) is 1. The van der Waals surface area contributed by atoms with Gasteiger partial charge in [0.2, 0.25) is 0 Å². The van der Waals surface area contributed by atoms with Crippen LogP contribution in [-0.4, -0.2) is 28.6 Å². The van der Waals surface area contributed by atoms with Gasteiger partial charge in [-0.1, -0.05) is 18.2 Å². The van der Waals surface area contributed by atoms with Crippen molar-refractivity contribution in [1.82, 2.24) is 5.06 Å². The predicted octanol–water partition coefficient (Wildman–Crippen LogP) is 3.51. The first kappa shape index (κ1) is 15.7. The summed E-state index contributed by atoms with van der Waals surface area (Å²) < 4.78 is 5.86. The molecule has 23 heavy (non-hydrogen) atoms. The monoisotopic (exact) mass is 330 g/mol. The number of thioether (sulfide) groups is 1. The van der Waals surface area contributed by atoms with Gasteiger partial charge < -0.3 is 10.5 Å². The van der Waals surface area contributed by atoms with Crippen LogP contribution in [0.2, 0.25) is 0 Å². The van der Waals surface area contributed by atoms with Gasteiger partial charge in [0.15, 0.2) is 0 Å². The molecule has 3 rings (SSSR count). The smallest absolute Gasteiger partial charge is 0.338 e. The second kappa shape index (κ2) is 6.93. The maximum atomic E-state index is 10.9. The Kier molecular flexibility index (Phi) is 4.73. The molecule has 0 saturated carbocycles. The van der Waals surface area contributed by atoms with E-state index >= 15 is 0 Å². The summed E-state index contributed by atoms with van der Waals surface area (Å²) >= 11 is 1.72. The Balaban J connectivity index is 1.71. The van der Waals surface area contributed by atoms with E-state index in [1.165, 1.54) is 4.90 Å². The van der Waals surface area contributed by atoms with Gasteiger partial charge in [-0.15, -0.1) is 11.8 Å². The molecule has 1 heterocycles. The fourth-order valence-electron chi connectivity index (χ4n) is 2.57. The number of carbonyl (C=O) groups is 1. The Hall–Kier alpha value is -2.18.